The van der Waals surface area contributed by atoms with Crippen molar-refractivity contribution in [2.24, 2.45) is 0 Å². The van der Waals surface area contributed by atoms with Gasteiger partial charge < -0.3 is 5.32 Å². The summed E-state index contributed by atoms with van der Waals surface area (Å²) in [7, 11) is 0. The monoisotopic (exact) mass is 206 g/mol. The van der Waals surface area contributed by atoms with Gasteiger partial charge in [0.2, 0.25) is 0 Å². The summed E-state index contributed by atoms with van der Waals surface area (Å²) in [6.45, 7) is 0.846. The average Bonchev–Trinajstić information content (AvgIpc) is 2.36. The van der Waals surface area contributed by atoms with Gasteiger partial charge in [-0.25, -0.2) is 0 Å². The lowest BCUT2D eigenvalue weighted by molar-refractivity contribution is -0.410. The molecule has 4 nitrogen and oxygen atoms in total. The normalized spacial score (nSPS) is 22.1. The van der Waals surface area contributed by atoms with Crippen LogP contribution in [-0.4, -0.2) is 11.5 Å². The first-order valence-corrected chi connectivity index (χ1v) is 3.78. The van der Waals surface area contributed by atoms with E-state index < -0.39 is 4.92 Å². The third-order valence-electron chi connectivity index (χ3n) is 1.35. The highest BCUT2D eigenvalue weighted by Gasteiger charge is 2.17. The smallest absolute Gasteiger partial charge is 0.329 e. The Morgan fingerprint density at radius 3 is 2.90 bits per heavy atom. The molecule has 1 fully saturated rings. The van der Waals surface area contributed by atoms with Crippen LogP contribution in [0.15, 0.2) is 10.3 Å². The Bertz CT molecular complexity index is 182. The van der Waals surface area contributed by atoms with Gasteiger partial charge >= 0.3 is 4.61 Å². The summed E-state index contributed by atoms with van der Waals surface area (Å²) in [5.41, 5.74) is 0.713. The largest absolute Gasteiger partial charge is 0.382 e. The number of nitro groups is 1. The summed E-state index contributed by atoms with van der Waals surface area (Å²) < 4.78 is 0.0741. The van der Waals surface area contributed by atoms with Crippen LogP contribution < -0.4 is 5.32 Å². The minimum atomic E-state index is -0.423. The fraction of sp³-hybridized carbons (Fsp3) is 0.600. The molecule has 0 aromatic heterocycles. The van der Waals surface area contributed by atoms with Gasteiger partial charge in [-0.2, -0.15) is 0 Å². The van der Waals surface area contributed by atoms with Crippen LogP contribution in [0.3, 0.4) is 0 Å². The van der Waals surface area contributed by atoms with Crippen LogP contribution in [0.5, 0.6) is 0 Å². The van der Waals surface area contributed by atoms with E-state index in [1.807, 2.05) is 0 Å². The molecule has 10 heavy (non-hydrogen) atoms. The van der Waals surface area contributed by atoms with E-state index in [9.17, 15) is 10.1 Å². The van der Waals surface area contributed by atoms with Gasteiger partial charge in [0.25, 0.3) is 0 Å². The van der Waals surface area contributed by atoms with Gasteiger partial charge in [0.15, 0.2) is 0 Å². The molecule has 5 heteroatoms. The Balaban J connectivity index is 2.73. The summed E-state index contributed by atoms with van der Waals surface area (Å²) in [5, 5.41) is 13.1. The van der Waals surface area contributed by atoms with E-state index in [4.69, 9.17) is 0 Å². The number of rotatable bonds is 1. The van der Waals surface area contributed by atoms with Crippen LogP contribution in [0.25, 0.3) is 0 Å². The second kappa shape index (κ2) is 3.01. The summed E-state index contributed by atoms with van der Waals surface area (Å²) in [6.07, 6.45) is 1.76. The third-order valence-corrected chi connectivity index (χ3v) is 2.12. The Morgan fingerprint density at radius 1 is 1.80 bits per heavy atom. The molecule has 0 amide bonds. The molecule has 0 aromatic rings. The minimum Gasteiger partial charge on any atom is -0.382 e. The fourth-order valence-electron chi connectivity index (χ4n) is 0.879. The minimum absolute atomic E-state index is 0.0741. The van der Waals surface area contributed by atoms with E-state index in [1.54, 1.807) is 0 Å². The molecule has 1 rings (SSSR count). The Hall–Kier alpha value is -0.580. The van der Waals surface area contributed by atoms with Gasteiger partial charge in [0.05, 0.1) is 10.6 Å². The summed E-state index contributed by atoms with van der Waals surface area (Å²) in [4.78, 5) is 9.72. The second-order valence-corrected chi connectivity index (χ2v) is 2.81. The Labute approximate surface area is 66.6 Å². The molecular formula is C5H7BrN2O2. The highest BCUT2D eigenvalue weighted by molar-refractivity contribution is 9.11. The van der Waals surface area contributed by atoms with Crippen molar-refractivity contribution in [2.45, 2.75) is 12.8 Å². The number of allylic oxidation sites excluding steroid dienone is 1. The quantitative estimate of drug-likeness (QED) is 0.399. The van der Waals surface area contributed by atoms with Crippen molar-refractivity contribution in [1.82, 2.24) is 5.32 Å². The number of nitrogens with one attached hydrogen (secondary N) is 1. The Morgan fingerprint density at radius 2 is 2.50 bits per heavy atom. The van der Waals surface area contributed by atoms with Gasteiger partial charge in [-0.15, -0.1) is 0 Å². The van der Waals surface area contributed by atoms with Crippen molar-refractivity contribution in [3.05, 3.63) is 20.4 Å². The fourth-order valence-corrected chi connectivity index (χ4v) is 1.22. The zero-order chi connectivity index (χ0) is 7.56. The van der Waals surface area contributed by atoms with E-state index in [-0.39, 0.29) is 4.61 Å². The van der Waals surface area contributed by atoms with Crippen LogP contribution in [0.2, 0.25) is 0 Å². The van der Waals surface area contributed by atoms with Gasteiger partial charge in [-0.05, 0) is 12.8 Å². The molecule has 0 aromatic carbocycles. The van der Waals surface area contributed by atoms with Crippen LogP contribution in [0, 0.1) is 10.1 Å². The van der Waals surface area contributed by atoms with Crippen LogP contribution in [0.1, 0.15) is 12.8 Å². The van der Waals surface area contributed by atoms with E-state index in [0.717, 1.165) is 19.4 Å². The van der Waals surface area contributed by atoms with Crippen molar-refractivity contribution in [3.8, 4) is 0 Å². The molecule has 1 aliphatic rings. The predicted molar refractivity (Wildman–Crippen MR) is 40.2 cm³/mol. The highest BCUT2D eigenvalue weighted by Crippen LogP contribution is 2.18. The molecule has 1 aliphatic heterocycles. The summed E-state index contributed by atoms with van der Waals surface area (Å²) in [6, 6.07) is 0. The summed E-state index contributed by atoms with van der Waals surface area (Å²) in [5.74, 6) is 0. The lowest BCUT2D eigenvalue weighted by Gasteiger charge is -1.94. The molecule has 1 heterocycles. The maximum absolute atomic E-state index is 10.1. The van der Waals surface area contributed by atoms with Gasteiger partial charge in [-0.3, -0.25) is 10.1 Å². The number of hydrogen-bond donors (Lipinski definition) is 1. The molecule has 56 valence electrons. The van der Waals surface area contributed by atoms with Gasteiger partial charge in [0, 0.05) is 22.5 Å². The van der Waals surface area contributed by atoms with Crippen molar-refractivity contribution in [2.75, 3.05) is 6.54 Å². The van der Waals surface area contributed by atoms with Gasteiger partial charge in [0.1, 0.15) is 0 Å². The standard InChI is InChI=1S/C5H7BrN2O2/c6-5(8(9)10)4-2-1-3-7-4/h7H,1-3H2/b5-4-. The molecule has 0 spiro atoms. The van der Waals surface area contributed by atoms with Crippen molar-refractivity contribution < 1.29 is 4.92 Å². The van der Waals surface area contributed by atoms with Crippen molar-refractivity contribution in [1.29, 1.82) is 0 Å². The molecule has 0 radical (unpaired) electrons. The first kappa shape index (κ1) is 7.53. The molecule has 1 saturated heterocycles. The second-order valence-electron chi connectivity index (χ2n) is 2.06. The van der Waals surface area contributed by atoms with Crippen molar-refractivity contribution >= 4 is 15.9 Å². The maximum atomic E-state index is 10.1. The molecule has 0 saturated carbocycles. The number of hydrogen-bond acceptors (Lipinski definition) is 3. The molecular weight excluding hydrogens is 200 g/mol. The third kappa shape index (κ3) is 1.47. The number of nitrogens with zero attached hydrogens (tertiary/aromatic N) is 1. The summed E-state index contributed by atoms with van der Waals surface area (Å²) >= 11 is 2.89. The molecule has 0 unspecified atom stereocenters. The van der Waals surface area contributed by atoms with E-state index >= 15 is 0 Å². The SMILES string of the molecule is O=[N+]([O-])/C(Br)=C1/CCCN1. The highest BCUT2D eigenvalue weighted by atomic mass is 79.9. The Kier molecular flexibility index (Phi) is 2.26. The van der Waals surface area contributed by atoms with Crippen LogP contribution >= 0.6 is 15.9 Å². The molecule has 0 bridgehead atoms. The van der Waals surface area contributed by atoms with Crippen LogP contribution in [0.4, 0.5) is 0 Å². The molecule has 0 atom stereocenters. The van der Waals surface area contributed by atoms with E-state index in [1.165, 1.54) is 0 Å². The molecule has 0 aliphatic carbocycles. The van der Waals surface area contributed by atoms with E-state index in [0.29, 0.717) is 5.70 Å². The van der Waals surface area contributed by atoms with E-state index in [2.05, 4.69) is 21.2 Å². The lowest BCUT2D eigenvalue weighted by Crippen LogP contribution is -2.08. The maximum Gasteiger partial charge on any atom is 0.329 e. The van der Waals surface area contributed by atoms with Gasteiger partial charge in [-0.1, -0.05) is 0 Å². The first-order chi connectivity index (χ1) is 4.72. The van der Waals surface area contributed by atoms with Crippen molar-refractivity contribution in [3.63, 3.8) is 0 Å². The molecule has 1 N–H and O–H groups in total. The lowest BCUT2D eigenvalue weighted by atomic mass is 10.3. The number of halogens is 1. The topological polar surface area (TPSA) is 55.2 Å². The zero-order valence-corrected chi connectivity index (χ0v) is 6.85. The zero-order valence-electron chi connectivity index (χ0n) is 5.26. The average molecular weight is 207 g/mol. The predicted octanol–water partition coefficient (Wildman–Crippen LogP) is 1.21. The van der Waals surface area contributed by atoms with Crippen LogP contribution in [-0.2, 0) is 0 Å². The first-order valence-electron chi connectivity index (χ1n) is 2.98.